The molecule has 0 aromatic heterocycles. The summed E-state index contributed by atoms with van der Waals surface area (Å²) in [4.78, 5) is 0. The van der Waals surface area contributed by atoms with Gasteiger partial charge >= 0.3 is 6.18 Å². The summed E-state index contributed by atoms with van der Waals surface area (Å²) in [5.74, 6) is 0. The first-order chi connectivity index (χ1) is 7.83. The quantitative estimate of drug-likeness (QED) is 0.916. The van der Waals surface area contributed by atoms with Crippen LogP contribution in [0, 0.1) is 11.3 Å². The zero-order valence-electron chi connectivity index (χ0n) is 8.35. The number of alkyl halides is 3. The van der Waals surface area contributed by atoms with E-state index in [9.17, 15) is 13.2 Å². The summed E-state index contributed by atoms with van der Waals surface area (Å²) < 4.78 is 36.6. The maximum atomic E-state index is 12.0. The molecule has 1 aromatic carbocycles. The lowest BCUT2D eigenvalue weighted by molar-refractivity contribution is -0.125. The first-order valence-corrected chi connectivity index (χ1v) is 5.65. The number of benzene rings is 1. The van der Waals surface area contributed by atoms with E-state index in [-0.39, 0.29) is 0 Å². The Labute approximate surface area is 110 Å². The van der Waals surface area contributed by atoms with E-state index in [0.29, 0.717) is 15.1 Å². The molecule has 0 amide bonds. The van der Waals surface area contributed by atoms with Gasteiger partial charge in [0.1, 0.15) is 6.04 Å². The van der Waals surface area contributed by atoms with Crippen molar-refractivity contribution in [2.75, 3.05) is 6.54 Å². The largest absolute Gasteiger partial charge is 0.401 e. The minimum atomic E-state index is -4.35. The van der Waals surface area contributed by atoms with Gasteiger partial charge in [-0.25, -0.2) is 0 Å². The van der Waals surface area contributed by atoms with Crippen molar-refractivity contribution in [2.24, 2.45) is 0 Å². The fourth-order valence-electron chi connectivity index (χ4n) is 1.15. The Morgan fingerprint density at radius 2 is 2.12 bits per heavy atom. The molecule has 0 aliphatic heterocycles. The number of hydrogen-bond acceptors (Lipinski definition) is 2. The second-order valence-corrected chi connectivity index (χ2v) is 4.49. The molecule has 7 heteroatoms. The SMILES string of the molecule is N#CC(NCC(F)(F)F)c1ccc(Cl)c(Br)c1. The summed E-state index contributed by atoms with van der Waals surface area (Å²) >= 11 is 8.89. The van der Waals surface area contributed by atoms with Crippen molar-refractivity contribution in [1.29, 1.82) is 5.26 Å². The smallest absolute Gasteiger partial charge is 0.290 e. The zero-order valence-corrected chi connectivity index (χ0v) is 10.7. The lowest BCUT2D eigenvalue weighted by Gasteiger charge is -2.14. The average Bonchev–Trinajstić information content (AvgIpc) is 2.22. The number of hydrogen-bond donors (Lipinski definition) is 1. The van der Waals surface area contributed by atoms with E-state index in [4.69, 9.17) is 16.9 Å². The van der Waals surface area contributed by atoms with Gasteiger partial charge < -0.3 is 0 Å². The van der Waals surface area contributed by atoms with Crippen molar-refractivity contribution in [3.8, 4) is 6.07 Å². The average molecular weight is 328 g/mol. The first kappa shape index (κ1) is 14.3. The number of nitrogens with zero attached hydrogens (tertiary/aromatic N) is 1. The van der Waals surface area contributed by atoms with Gasteiger partial charge in [0, 0.05) is 4.47 Å². The molecule has 0 heterocycles. The zero-order chi connectivity index (χ0) is 13.1. The third-order valence-corrected chi connectivity index (χ3v) is 3.13. The summed E-state index contributed by atoms with van der Waals surface area (Å²) in [7, 11) is 0. The highest BCUT2D eigenvalue weighted by Crippen LogP contribution is 2.26. The first-order valence-electron chi connectivity index (χ1n) is 4.48. The van der Waals surface area contributed by atoms with Gasteiger partial charge in [-0.3, -0.25) is 5.32 Å². The summed E-state index contributed by atoms with van der Waals surface area (Å²) in [5, 5.41) is 11.4. The van der Waals surface area contributed by atoms with Crippen LogP contribution in [0.25, 0.3) is 0 Å². The molecule has 1 unspecified atom stereocenters. The molecule has 1 atom stereocenters. The summed E-state index contributed by atoms with van der Waals surface area (Å²) in [6, 6.07) is 5.27. The second-order valence-electron chi connectivity index (χ2n) is 3.23. The van der Waals surface area contributed by atoms with E-state index in [1.165, 1.54) is 18.2 Å². The van der Waals surface area contributed by atoms with Crippen LogP contribution in [0.5, 0.6) is 0 Å². The van der Waals surface area contributed by atoms with Gasteiger partial charge in [-0.2, -0.15) is 18.4 Å². The minimum Gasteiger partial charge on any atom is -0.290 e. The van der Waals surface area contributed by atoms with Crippen molar-refractivity contribution in [3.63, 3.8) is 0 Å². The molecule has 2 nitrogen and oxygen atoms in total. The van der Waals surface area contributed by atoms with E-state index in [2.05, 4.69) is 21.2 Å². The Kier molecular flexibility index (Phi) is 4.80. The predicted molar refractivity (Wildman–Crippen MR) is 61.6 cm³/mol. The van der Waals surface area contributed by atoms with Gasteiger partial charge in [-0.15, -0.1) is 0 Å². The molecule has 0 bridgehead atoms. The molecular formula is C10H7BrClF3N2. The van der Waals surface area contributed by atoms with Gasteiger partial charge in [-0.1, -0.05) is 17.7 Å². The number of nitriles is 1. The molecule has 1 aromatic rings. The molecule has 0 saturated carbocycles. The van der Waals surface area contributed by atoms with Gasteiger partial charge in [-0.05, 0) is 33.6 Å². The minimum absolute atomic E-state index is 0.424. The highest BCUT2D eigenvalue weighted by atomic mass is 79.9. The normalized spacial score (nSPS) is 13.2. The third-order valence-electron chi connectivity index (χ3n) is 1.91. The highest BCUT2D eigenvalue weighted by Gasteiger charge is 2.28. The Hall–Kier alpha value is -0.770. The molecule has 92 valence electrons. The predicted octanol–water partition coefficient (Wildman–Crippen LogP) is 3.82. The summed E-state index contributed by atoms with van der Waals surface area (Å²) in [6.45, 7) is -1.22. The Morgan fingerprint density at radius 1 is 1.47 bits per heavy atom. The highest BCUT2D eigenvalue weighted by molar-refractivity contribution is 9.10. The van der Waals surface area contributed by atoms with Crippen LogP contribution in [-0.4, -0.2) is 12.7 Å². The van der Waals surface area contributed by atoms with Crippen LogP contribution >= 0.6 is 27.5 Å². The van der Waals surface area contributed by atoms with Crippen LogP contribution in [-0.2, 0) is 0 Å². The van der Waals surface area contributed by atoms with Crippen LogP contribution in [0.3, 0.4) is 0 Å². The van der Waals surface area contributed by atoms with Crippen molar-refractivity contribution in [1.82, 2.24) is 5.32 Å². The number of halogens is 5. The Bertz CT molecular complexity index is 442. The topological polar surface area (TPSA) is 35.8 Å². The van der Waals surface area contributed by atoms with Crippen molar-refractivity contribution in [2.45, 2.75) is 12.2 Å². The Balaban J connectivity index is 2.81. The van der Waals surface area contributed by atoms with Gasteiger partial charge in [0.15, 0.2) is 0 Å². The molecular weight excluding hydrogens is 320 g/mol. The Morgan fingerprint density at radius 3 is 2.59 bits per heavy atom. The third kappa shape index (κ3) is 4.54. The fraction of sp³-hybridized carbons (Fsp3) is 0.300. The number of rotatable bonds is 3. The van der Waals surface area contributed by atoms with E-state index in [1.54, 1.807) is 6.07 Å². The van der Waals surface area contributed by atoms with Crippen LogP contribution in [0.1, 0.15) is 11.6 Å². The molecule has 1 rings (SSSR count). The summed E-state index contributed by atoms with van der Waals surface area (Å²) in [6.07, 6.45) is -4.35. The lowest BCUT2D eigenvalue weighted by atomic mass is 10.1. The molecule has 0 saturated heterocycles. The van der Waals surface area contributed by atoms with E-state index in [0.717, 1.165) is 0 Å². The van der Waals surface area contributed by atoms with Crippen molar-refractivity contribution >= 4 is 27.5 Å². The second kappa shape index (κ2) is 5.71. The van der Waals surface area contributed by atoms with Crippen LogP contribution in [0.2, 0.25) is 5.02 Å². The van der Waals surface area contributed by atoms with E-state index in [1.807, 2.05) is 0 Å². The summed E-state index contributed by atoms with van der Waals surface area (Å²) in [5.41, 5.74) is 0.424. The van der Waals surface area contributed by atoms with E-state index < -0.39 is 18.8 Å². The van der Waals surface area contributed by atoms with Gasteiger partial charge in [0.2, 0.25) is 0 Å². The lowest BCUT2D eigenvalue weighted by Crippen LogP contribution is -2.31. The van der Waals surface area contributed by atoms with Crippen LogP contribution < -0.4 is 5.32 Å². The van der Waals surface area contributed by atoms with E-state index >= 15 is 0 Å². The van der Waals surface area contributed by atoms with Crippen molar-refractivity contribution < 1.29 is 13.2 Å². The monoisotopic (exact) mass is 326 g/mol. The van der Waals surface area contributed by atoms with Crippen LogP contribution in [0.15, 0.2) is 22.7 Å². The molecule has 0 aliphatic rings. The van der Waals surface area contributed by atoms with Crippen molar-refractivity contribution in [3.05, 3.63) is 33.3 Å². The van der Waals surface area contributed by atoms with Crippen LogP contribution in [0.4, 0.5) is 13.2 Å². The van der Waals surface area contributed by atoms with Gasteiger partial charge in [0.05, 0.1) is 17.6 Å². The molecule has 1 N–H and O–H groups in total. The molecule has 0 aliphatic carbocycles. The van der Waals surface area contributed by atoms with Gasteiger partial charge in [0.25, 0.3) is 0 Å². The fourth-order valence-corrected chi connectivity index (χ4v) is 1.66. The maximum absolute atomic E-state index is 12.0. The standard InChI is InChI=1S/C10H7BrClF3N2/c11-7-3-6(1-2-8(7)12)9(4-16)17-5-10(13,14)15/h1-3,9,17H,5H2. The maximum Gasteiger partial charge on any atom is 0.401 e. The molecule has 0 radical (unpaired) electrons. The molecule has 0 spiro atoms. The molecule has 17 heavy (non-hydrogen) atoms. The molecule has 0 fully saturated rings. The number of nitrogens with one attached hydrogen (secondary N) is 1.